The predicted molar refractivity (Wildman–Crippen MR) is 152 cm³/mol. The van der Waals surface area contributed by atoms with Crippen LogP contribution in [-0.2, 0) is 14.8 Å². The molecular formula is C29H27N3O3S2. The SMILES string of the molecule is Cc1cccc(C)c1NS(=O)(=O)c1ccc(NC(=S)NC(=O)C(c2ccccc2)c2ccccc2)cc1. The van der Waals surface area contributed by atoms with E-state index in [4.69, 9.17) is 12.2 Å². The zero-order valence-corrected chi connectivity index (χ0v) is 22.1. The second kappa shape index (κ2) is 11.4. The highest BCUT2D eigenvalue weighted by Gasteiger charge is 2.23. The normalized spacial score (nSPS) is 11.1. The van der Waals surface area contributed by atoms with Gasteiger partial charge < -0.3 is 10.6 Å². The van der Waals surface area contributed by atoms with Crippen molar-refractivity contribution in [2.75, 3.05) is 10.0 Å². The Labute approximate surface area is 222 Å². The van der Waals surface area contributed by atoms with Crippen molar-refractivity contribution in [2.45, 2.75) is 24.7 Å². The molecule has 1 amide bonds. The van der Waals surface area contributed by atoms with Crippen molar-refractivity contribution in [3.8, 4) is 0 Å². The molecule has 6 nitrogen and oxygen atoms in total. The minimum atomic E-state index is -3.78. The number of sulfonamides is 1. The summed E-state index contributed by atoms with van der Waals surface area (Å²) in [5.74, 6) is -0.808. The summed E-state index contributed by atoms with van der Waals surface area (Å²) in [7, 11) is -3.78. The van der Waals surface area contributed by atoms with Crippen LogP contribution in [0.4, 0.5) is 11.4 Å². The van der Waals surface area contributed by atoms with Crippen molar-refractivity contribution in [2.24, 2.45) is 0 Å². The number of carbonyl (C=O) groups is 1. The predicted octanol–water partition coefficient (Wildman–Crippen LogP) is 5.75. The van der Waals surface area contributed by atoms with Crippen LogP contribution in [0.3, 0.4) is 0 Å². The molecule has 37 heavy (non-hydrogen) atoms. The van der Waals surface area contributed by atoms with Crippen LogP contribution in [0.2, 0.25) is 0 Å². The van der Waals surface area contributed by atoms with Gasteiger partial charge in [-0.05, 0) is 72.6 Å². The molecule has 0 aliphatic carbocycles. The maximum absolute atomic E-state index is 13.2. The smallest absolute Gasteiger partial charge is 0.261 e. The number of para-hydroxylation sites is 1. The Hall–Kier alpha value is -4.01. The van der Waals surface area contributed by atoms with Crippen molar-refractivity contribution in [1.82, 2.24) is 5.32 Å². The standard InChI is InChI=1S/C29H27N3O3S2/c1-20-10-9-11-21(2)27(20)32-37(34,35)25-18-16-24(17-19-25)30-29(36)31-28(33)26(22-12-5-3-6-13-22)23-14-7-4-8-15-23/h3-19,26,32H,1-2H3,(H2,30,31,33,36). The number of carbonyl (C=O) groups excluding carboxylic acids is 1. The molecule has 3 N–H and O–H groups in total. The van der Waals surface area contributed by atoms with E-state index in [9.17, 15) is 13.2 Å². The molecule has 4 aromatic carbocycles. The fourth-order valence-electron chi connectivity index (χ4n) is 4.02. The van der Waals surface area contributed by atoms with Crippen LogP contribution in [0.15, 0.2) is 108 Å². The first-order valence-corrected chi connectivity index (χ1v) is 13.5. The van der Waals surface area contributed by atoms with Crippen LogP contribution in [0.1, 0.15) is 28.2 Å². The lowest BCUT2D eigenvalue weighted by atomic mass is 9.90. The van der Waals surface area contributed by atoms with Gasteiger partial charge in [0.05, 0.1) is 16.5 Å². The van der Waals surface area contributed by atoms with Gasteiger partial charge in [0.1, 0.15) is 0 Å². The second-order valence-electron chi connectivity index (χ2n) is 8.59. The molecule has 0 heterocycles. The molecule has 0 aromatic heterocycles. The molecule has 0 unspecified atom stereocenters. The molecule has 0 atom stereocenters. The summed E-state index contributed by atoms with van der Waals surface area (Å²) in [6, 6.07) is 30.7. The zero-order chi connectivity index (χ0) is 26.4. The first kappa shape index (κ1) is 26.1. The number of anilines is 2. The Kier molecular flexibility index (Phi) is 8.01. The van der Waals surface area contributed by atoms with E-state index in [1.165, 1.54) is 12.1 Å². The second-order valence-corrected chi connectivity index (χ2v) is 10.7. The summed E-state index contributed by atoms with van der Waals surface area (Å²) < 4.78 is 28.5. The molecule has 8 heteroatoms. The van der Waals surface area contributed by atoms with Crippen molar-refractivity contribution in [3.63, 3.8) is 0 Å². The zero-order valence-electron chi connectivity index (χ0n) is 20.4. The molecule has 0 bridgehead atoms. The highest BCUT2D eigenvalue weighted by Crippen LogP contribution is 2.26. The number of hydrogen-bond donors (Lipinski definition) is 3. The van der Waals surface area contributed by atoms with Crippen LogP contribution in [0.5, 0.6) is 0 Å². The van der Waals surface area contributed by atoms with E-state index in [2.05, 4.69) is 15.4 Å². The minimum Gasteiger partial charge on any atom is -0.332 e. The number of benzene rings is 4. The number of aryl methyl sites for hydroxylation is 2. The van der Waals surface area contributed by atoms with Gasteiger partial charge in [0.15, 0.2) is 5.11 Å². The summed E-state index contributed by atoms with van der Waals surface area (Å²) in [6.07, 6.45) is 0. The monoisotopic (exact) mass is 529 g/mol. The summed E-state index contributed by atoms with van der Waals surface area (Å²) in [5, 5.41) is 5.84. The van der Waals surface area contributed by atoms with E-state index >= 15 is 0 Å². The highest BCUT2D eigenvalue weighted by molar-refractivity contribution is 7.92. The third kappa shape index (κ3) is 6.41. The van der Waals surface area contributed by atoms with Gasteiger partial charge in [-0.2, -0.15) is 0 Å². The molecule has 4 rings (SSSR count). The van der Waals surface area contributed by atoms with Crippen molar-refractivity contribution in [3.05, 3.63) is 125 Å². The van der Waals surface area contributed by atoms with E-state index in [-0.39, 0.29) is 15.9 Å². The third-order valence-corrected chi connectivity index (χ3v) is 7.47. The largest absolute Gasteiger partial charge is 0.332 e. The van der Waals surface area contributed by atoms with Crippen molar-refractivity contribution < 1.29 is 13.2 Å². The van der Waals surface area contributed by atoms with Crippen LogP contribution in [-0.4, -0.2) is 19.4 Å². The Morgan fingerprint density at radius 2 is 1.24 bits per heavy atom. The lowest BCUT2D eigenvalue weighted by Crippen LogP contribution is -2.37. The van der Waals surface area contributed by atoms with Crippen LogP contribution in [0.25, 0.3) is 0 Å². The summed E-state index contributed by atoms with van der Waals surface area (Å²) in [6.45, 7) is 3.71. The first-order valence-electron chi connectivity index (χ1n) is 11.7. The third-order valence-electron chi connectivity index (χ3n) is 5.90. The maximum atomic E-state index is 13.2. The number of amides is 1. The number of hydrogen-bond acceptors (Lipinski definition) is 4. The Morgan fingerprint density at radius 1 is 0.730 bits per heavy atom. The average Bonchev–Trinajstić information content (AvgIpc) is 2.88. The molecule has 0 saturated heterocycles. The fraction of sp³-hybridized carbons (Fsp3) is 0.103. The molecule has 0 saturated carbocycles. The topological polar surface area (TPSA) is 87.3 Å². The van der Waals surface area contributed by atoms with Gasteiger partial charge in [0.2, 0.25) is 5.91 Å². The Bertz CT molecular complexity index is 1450. The molecule has 0 aliphatic rings. The van der Waals surface area contributed by atoms with Gasteiger partial charge >= 0.3 is 0 Å². The minimum absolute atomic E-state index is 0.115. The van der Waals surface area contributed by atoms with Gasteiger partial charge in [-0.1, -0.05) is 78.9 Å². The summed E-state index contributed by atoms with van der Waals surface area (Å²) in [4.78, 5) is 13.3. The molecule has 0 fully saturated rings. The molecule has 0 aliphatic heterocycles. The molecule has 4 aromatic rings. The van der Waals surface area contributed by atoms with Crippen molar-refractivity contribution >= 4 is 44.6 Å². The van der Waals surface area contributed by atoms with E-state index < -0.39 is 15.9 Å². The fourth-order valence-corrected chi connectivity index (χ4v) is 5.44. The highest BCUT2D eigenvalue weighted by atomic mass is 32.2. The summed E-state index contributed by atoms with van der Waals surface area (Å²) in [5.41, 5.74) is 4.49. The average molecular weight is 530 g/mol. The molecular weight excluding hydrogens is 502 g/mol. The van der Waals surface area contributed by atoms with Gasteiger partial charge in [-0.25, -0.2) is 8.42 Å². The van der Waals surface area contributed by atoms with Crippen LogP contribution < -0.4 is 15.4 Å². The van der Waals surface area contributed by atoms with E-state index in [0.29, 0.717) is 11.4 Å². The quantitative estimate of drug-likeness (QED) is 0.266. The number of thiocarbonyl (C=S) groups is 1. The molecule has 188 valence electrons. The number of rotatable bonds is 7. The van der Waals surface area contributed by atoms with E-state index in [0.717, 1.165) is 22.3 Å². The van der Waals surface area contributed by atoms with Gasteiger partial charge in [-0.3, -0.25) is 9.52 Å². The van der Waals surface area contributed by atoms with Gasteiger partial charge in [0.25, 0.3) is 10.0 Å². The lowest BCUT2D eigenvalue weighted by molar-refractivity contribution is -0.120. The van der Waals surface area contributed by atoms with Gasteiger partial charge in [0, 0.05) is 5.69 Å². The maximum Gasteiger partial charge on any atom is 0.261 e. The summed E-state index contributed by atoms with van der Waals surface area (Å²) >= 11 is 5.38. The van der Waals surface area contributed by atoms with Crippen LogP contribution in [0, 0.1) is 13.8 Å². The van der Waals surface area contributed by atoms with E-state index in [1.807, 2.05) is 92.7 Å². The van der Waals surface area contributed by atoms with E-state index in [1.54, 1.807) is 12.1 Å². The number of nitrogens with one attached hydrogen (secondary N) is 3. The molecule has 0 radical (unpaired) electrons. The van der Waals surface area contributed by atoms with Crippen LogP contribution >= 0.6 is 12.2 Å². The first-order chi connectivity index (χ1) is 17.7. The lowest BCUT2D eigenvalue weighted by Gasteiger charge is -2.19. The van der Waals surface area contributed by atoms with Crippen molar-refractivity contribution in [1.29, 1.82) is 0 Å². The Balaban J connectivity index is 1.45. The molecule has 0 spiro atoms. The Morgan fingerprint density at radius 3 is 1.76 bits per heavy atom. The van der Waals surface area contributed by atoms with Gasteiger partial charge in [-0.15, -0.1) is 0 Å².